The maximum atomic E-state index is 14.0. The highest BCUT2D eigenvalue weighted by atomic mass is 19.2. The van der Waals surface area contributed by atoms with Crippen LogP contribution in [0.5, 0.6) is 0 Å². The summed E-state index contributed by atoms with van der Waals surface area (Å²) in [6.45, 7) is 3.66. The van der Waals surface area contributed by atoms with E-state index in [1.165, 1.54) is 6.07 Å². The first-order valence-electron chi connectivity index (χ1n) is 8.62. The molecule has 4 rings (SSSR count). The summed E-state index contributed by atoms with van der Waals surface area (Å²) >= 11 is 0. The molecule has 0 spiro atoms. The maximum Gasteiger partial charge on any atom is 0.238 e. The Hall–Kier alpha value is -2.71. The number of hydrogen-bond acceptors (Lipinski definition) is 5. The first kappa shape index (κ1) is 17.7. The molecule has 2 aromatic carbocycles. The molecule has 1 aliphatic heterocycles. The number of hydrogen-bond donors (Lipinski definition) is 1. The molecular weight excluding hydrogens is 355 g/mol. The van der Waals surface area contributed by atoms with Gasteiger partial charge in [-0.05, 0) is 36.9 Å². The monoisotopic (exact) mass is 373 g/mol. The van der Waals surface area contributed by atoms with Gasteiger partial charge in [-0.1, -0.05) is 6.07 Å². The molecule has 0 atom stereocenters. The van der Waals surface area contributed by atoms with Crippen molar-refractivity contribution in [1.82, 2.24) is 19.9 Å². The molecular formula is C19H18F3N5. The number of rotatable bonds is 3. The summed E-state index contributed by atoms with van der Waals surface area (Å²) in [5.41, 5.74) is 4.30. The highest BCUT2D eigenvalue weighted by Crippen LogP contribution is 2.28. The molecule has 2 heterocycles. The standard InChI is InChI=1S/C19H18F3N5/c1-26-6-8-27(9-7-26)25-19-23-11-13-10-12(2-5-16(13)24-19)14-3-4-15(20)18(22)17(14)21/h2-5,10-11H,6-9H2,1H3,(H,23,24,25). The van der Waals surface area contributed by atoms with E-state index in [9.17, 15) is 13.2 Å². The van der Waals surface area contributed by atoms with E-state index in [0.29, 0.717) is 22.4 Å². The van der Waals surface area contributed by atoms with Crippen LogP contribution in [0.2, 0.25) is 0 Å². The van der Waals surface area contributed by atoms with Crippen molar-refractivity contribution in [1.29, 1.82) is 0 Å². The van der Waals surface area contributed by atoms with Gasteiger partial charge in [-0.3, -0.25) is 5.43 Å². The number of nitrogens with zero attached hydrogens (tertiary/aromatic N) is 4. The third-order valence-electron chi connectivity index (χ3n) is 4.69. The number of fused-ring (bicyclic) bond motifs is 1. The molecule has 1 fully saturated rings. The molecule has 1 aliphatic rings. The van der Waals surface area contributed by atoms with Gasteiger partial charge < -0.3 is 4.90 Å². The van der Waals surface area contributed by atoms with Gasteiger partial charge >= 0.3 is 0 Å². The summed E-state index contributed by atoms with van der Waals surface area (Å²) in [4.78, 5) is 11.0. The van der Waals surface area contributed by atoms with Crippen molar-refractivity contribution in [3.63, 3.8) is 0 Å². The second-order valence-electron chi connectivity index (χ2n) is 6.59. The van der Waals surface area contributed by atoms with E-state index in [-0.39, 0.29) is 5.56 Å². The average Bonchev–Trinajstić information content (AvgIpc) is 2.68. The zero-order chi connectivity index (χ0) is 19.0. The Morgan fingerprint density at radius 1 is 0.963 bits per heavy atom. The Balaban J connectivity index is 1.60. The van der Waals surface area contributed by atoms with Gasteiger partial charge in [-0.2, -0.15) is 0 Å². The van der Waals surface area contributed by atoms with Crippen LogP contribution >= 0.6 is 0 Å². The SMILES string of the molecule is CN1CCN(Nc2ncc3cc(-c4ccc(F)c(F)c4F)ccc3n2)CC1. The average molecular weight is 373 g/mol. The summed E-state index contributed by atoms with van der Waals surface area (Å²) in [7, 11) is 2.08. The van der Waals surface area contributed by atoms with Crippen molar-refractivity contribution in [3.05, 3.63) is 54.0 Å². The third kappa shape index (κ3) is 3.58. The summed E-state index contributed by atoms with van der Waals surface area (Å²) in [5.74, 6) is -3.40. The second-order valence-corrected chi connectivity index (χ2v) is 6.59. The highest BCUT2D eigenvalue weighted by molar-refractivity contribution is 5.84. The minimum Gasteiger partial charge on any atom is -0.304 e. The third-order valence-corrected chi connectivity index (χ3v) is 4.69. The van der Waals surface area contributed by atoms with Crippen LogP contribution < -0.4 is 5.43 Å². The van der Waals surface area contributed by atoms with Crippen LogP contribution in [0.4, 0.5) is 19.1 Å². The van der Waals surface area contributed by atoms with Crippen LogP contribution in [0.15, 0.2) is 36.5 Å². The lowest BCUT2D eigenvalue weighted by atomic mass is 10.0. The number of piperazine rings is 1. The zero-order valence-electron chi connectivity index (χ0n) is 14.7. The predicted molar refractivity (Wildman–Crippen MR) is 97.5 cm³/mol. The molecule has 1 N–H and O–H groups in total. The number of halogens is 3. The lowest BCUT2D eigenvalue weighted by molar-refractivity contribution is 0.178. The van der Waals surface area contributed by atoms with Crippen molar-refractivity contribution < 1.29 is 13.2 Å². The van der Waals surface area contributed by atoms with Crippen LogP contribution in [0, 0.1) is 17.5 Å². The van der Waals surface area contributed by atoms with E-state index in [1.807, 2.05) is 0 Å². The molecule has 0 bridgehead atoms. The zero-order valence-corrected chi connectivity index (χ0v) is 14.7. The normalized spacial score (nSPS) is 16.0. The molecule has 0 unspecified atom stereocenters. The van der Waals surface area contributed by atoms with Crippen LogP contribution in [-0.2, 0) is 0 Å². The van der Waals surface area contributed by atoms with Crippen molar-refractivity contribution in [2.24, 2.45) is 0 Å². The molecule has 1 saturated heterocycles. The van der Waals surface area contributed by atoms with E-state index in [4.69, 9.17) is 0 Å². The summed E-state index contributed by atoms with van der Waals surface area (Å²) in [5, 5.41) is 2.74. The second kappa shape index (κ2) is 7.13. The van der Waals surface area contributed by atoms with E-state index < -0.39 is 17.5 Å². The van der Waals surface area contributed by atoms with Gasteiger partial charge in [-0.15, -0.1) is 0 Å². The fraction of sp³-hybridized carbons (Fsp3) is 0.263. The maximum absolute atomic E-state index is 14.0. The number of likely N-dealkylation sites (N-methyl/N-ethyl adjacent to an activating group) is 1. The number of aromatic nitrogens is 2. The van der Waals surface area contributed by atoms with Crippen LogP contribution in [0.3, 0.4) is 0 Å². The van der Waals surface area contributed by atoms with Gasteiger partial charge in [0.05, 0.1) is 5.52 Å². The van der Waals surface area contributed by atoms with E-state index in [1.54, 1.807) is 24.4 Å². The molecule has 8 heteroatoms. The Bertz CT molecular complexity index is 986. The topological polar surface area (TPSA) is 44.3 Å². The molecule has 0 amide bonds. The molecule has 140 valence electrons. The first-order valence-corrected chi connectivity index (χ1v) is 8.62. The largest absolute Gasteiger partial charge is 0.304 e. The quantitative estimate of drug-likeness (QED) is 0.714. The van der Waals surface area contributed by atoms with E-state index >= 15 is 0 Å². The van der Waals surface area contributed by atoms with Crippen molar-refractivity contribution in [3.8, 4) is 11.1 Å². The van der Waals surface area contributed by atoms with Gasteiger partial charge in [0.15, 0.2) is 17.5 Å². The molecule has 0 aliphatic carbocycles. The number of anilines is 1. The van der Waals surface area contributed by atoms with Gasteiger partial charge in [0.1, 0.15) is 0 Å². The lowest BCUT2D eigenvalue weighted by Gasteiger charge is -2.32. The Kier molecular flexibility index (Phi) is 4.67. The van der Waals surface area contributed by atoms with Crippen LogP contribution in [0.25, 0.3) is 22.0 Å². The molecule has 0 saturated carbocycles. The first-order chi connectivity index (χ1) is 13.0. The fourth-order valence-corrected chi connectivity index (χ4v) is 3.06. The highest BCUT2D eigenvalue weighted by Gasteiger charge is 2.16. The van der Waals surface area contributed by atoms with Crippen LogP contribution in [-0.4, -0.2) is 53.1 Å². The minimum absolute atomic E-state index is 0.00422. The smallest absolute Gasteiger partial charge is 0.238 e. The van der Waals surface area contributed by atoms with Crippen molar-refractivity contribution in [2.75, 3.05) is 38.7 Å². The predicted octanol–water partition coefficient (Wildman–Crippen LogP) is 3.29. The molecule has 27 heavy (non-hydrogen) atoms. The summed E-state index contributed by atoms with van der Waals surface area (Å²) in [6.07, 6.45) is 1.63. The number of nitrogens with one attached hydrogen (secondary N) is 1. The fourth-order valence-electron chi connectivity index (χ4n) is 3.06. The Labute approximate surface area is 154 Å². The lowest BCUT2D eigenvalue weighted by Crippen LogP contribution is -2.47. The molecule has 1 aromatic heterocycles. The Morgan fingerprint density at radius 2 is 1.74 bits per heavy atom. The van der Waals surface area contributed by atoms with Crippen LogP contribution in [0.1, 0.15) is 0 Å². The Morgan fingerprint density at radius 3 is 2.52 bits per heavy atom. The number of benzene rings is 2. The van der Waals surface area contributed by atoms with Gasteiger partial charge in [-0.25, -0.2) is 28.1 Å². The summed E-state index contributed by atoms with van der Waals surface area (Å²) < 4.78 is 40.7. The van der Waals surface area contributed by atoms with Gasteiger partial charge in [0.25, 0.3) is 0 Å². The summed E-state index contributed by atoms with van der Waals surface area (Å²) in [6, 6.07) is 7.13. The minimum atomic E-state index is -1.48. The van der Waals surface area contributed by atoms with Crippen molar-refractivity contribution >= 4 is 16.9 Å². The number of hydrazine groups is 1. The van der Waals surface area contributed by atoms with E-state index in [2.05, 4.69) is 32.4 Å². The van der Waals surface area contributed by atoms with Gasteiger partial charge in [0, 0.05) is 43.3 Å². The van der Waals surface area contributed by atoms with E-state index in [0.717, 1.165) is 32.2 Å². The molecule has 0 radical (unpaired) electrons. The van der Waals surface area contributed by atoms with Gasteiger partial charge in [0.2, 0.25) is 5.95 Å². The molecule has 3 aromatic rings. The molecule has 5 nitrogen and oxygen atoms in total. The van der Waals surface area contributed by atoms with Crippen molar-refractivity contribution in [2.45, 2.75) is 0 Å².